The highest BCUT2D eigenvalue weighted by molar-refractivity contribution is 5.03. The molecule has 18 heavy (non-hydrogen) atoms. The van der Waals surface area contributed by atoms with Gasteiger partial charge in [0, 0.05) is 25.8 Å². The molecule has 5 nitrogen and oxygen atoms in total. The maximum absolute atomic E-state index is 5.61. The minimum Gasteiger partial charge on any atom is -0.377 e. The van der Waals surface area contributed by atoms with Crippen molar-refractivity contribution < 1.29 is 14.0 Å². The lowest BCUT2D eigenvalue weighted by Crippen LogP contribution is -2.34. The Morgan fingerprint density at radius 2 is 2.39 bits per heavy atom. The Morgan fingerprint density at radius 1 is 1.44 bits per heavy atom. The molecule has 0 aliphatic carbocycles. The largest absolute Gasteiger partial charge is 0.377 e. The molecule has 1 aliphatic heterocycles. The zero-order chi connectivity index (χ0) is 12.6. The highest BCUT2D eigenvalue weighted by Gasteiger charge is 2.12. The third-order valence-electron chi connectivity index (χ3n) is 3.17. The maximum Gasteiger partial charge on any atom is 0.162 e. The highest BCUT2D eigenvalue weighted by atomic mass is 16.5. The van der Waals surface area contributed by atoms with Crippen LogP contribution in [0, 0.1) is 0 Å². The number of hydrogen-bond acceptors (Lipinski definition) is 5. The molecule has 1 aliphatic rings. The van der Waals surface area contributed by atoms with Gasteiger partial charge < -0.3 is 19.3 Å². The Bertz CT molecular complexity index is 335. The van der Waals surface area contributed by atoms with Crippen molar-refractivity contribution in [3.05, 3.63) is 17.5 Å². The zero-order valence-corrected chi connectivity index (χ0v) is 11.0. The fraction of sp³-hybridized carbons (Fsp3) is 0.769. The molecule has 1 fully saturated rings. The third kappa shape index (κ3) is 4.40. The van der Waals surface area contributed by atoms with E-state index in [2.05, 4.69) is 10.5 Å². The van der Waals surface area contributed by atoms with Gasteiger partial charge in [-0.05, 0) is 25.8 Å². The number of rotatable bonds is 7. The quantitative estimate of drug-likeness (QED) is 0.753. The monoisotopic (exact) mass is 254 g/mol. The van der Waals surface area contributed by atoms with E-state index in [0.717, 1.165) is 31.0 Å². The number of methoxy groups -OCH3 is 1. The van der Waals surface area contributed by atoms with Gasteiger partial charge in [-0.1, -0.05) is 11.6 Å². The van der Waals surface area contributed by atoms with Crippen LogP contribution in [0.25, 0.3) is 0 Å². The van der Waals surface area contributed by atoms with Crippen LogP contribution in [0.2, 0.25) is 0 Å². The summed E-state index contributed by atoms with van der Waals surface area (Å²) >= 11 is 0. The summed E-state index contributed by atoms with van der Waals surface area (Å²) in [6.07, 6.45) is 4.98. The fourth-order valence-electron chi connectivity index (χ4n) is 2.21. The van der Waals surface area contributed by atoms with Crippen LogP contribution in [-0.2, 0) is 22.7 Å². The van der Waals surface area contributed by atoms with Gasteiger partial charge in [0.1, 0.15) is 12.3 Å². The van der Waals surface area contributed by atoms with Crippen molar-refractivity contribution in [2.24, 2.45) is 0 Å². The molecule has 1 N–H and O–H groups in total. The zero-order valence-electron chi connectivity index (χ0n) is 11.0. The van der Waals surface area contributed by atoms with Crippen LogP contribution < -0.4 is 5.32 Å². The van der Waals surface area contributed by atoms with Crippen LogP contribution in [0.5, 0.6) is 0 Å². The van der Waals surface area contributed by atoms with E-state index in [1.807, 2.05) is 6.07 Å². The summed E-state index contributed by atoms with van der Waals surface area (Å²) in [5, 5.41) is 7.43. The molecular weight excluding hydrogens is 232 g/mol. The number of nitrogens with one attached hydrogen (secondary N) is 1. The van der Waals surface area contributed by atoms with E-state index in [4.69, 9.17) is 14.0 Å². The first-order chi connectivity index (χ1) is 8.88. The first kappa shape index (κ1) is 13.5. The molecule has 0 amide bonds. The van der Waals surface area contributed by atoms with Crippen molar-refractivity contribution >= 4 is 0 Å². The van der Waals surface area contributed by atoms with Gasteiger partial charge in [-0.3, -0.25) is 0 Å². The van der Waals surface area contributed by atoms with Gasteiger partial charge >= 0.3 is 0 Å². The SMILES string of the molecule is COCc1cc(COCCC2CCCCN2)no1. The Labute approximate surface area is 108 Å². The van der Waals surface area contributed by atoms with Gasteiger partial charge in [0.05, 0.1) is 6.61 Å². The first-order valence-electron chi connectivity index (χ1n) is 6.63. The number of aromatic nitrogens is 1. The normalized spacial score (nSPS) is 20.2. The predicted molar refractivity (Wildman–Crippen MR) is 67.1 cm³/mol. The summed E-state index contributed by atoms with van der Waals surface area (Å²) in [6, 6.07) is 2.50. The fourth-order valence-corrected chi connectivity index (χ4v) is 2.21. The van der Waals surface area contributed by atoms with Crippen molar-refractivity contribution in [2.45, 2.75) is 44.9 Å². The van der Waals surface area contributed by atoms with Crippen LogP contribution in [0.3, 0.4) is 0 Å². The molecule has 102 valence electrons. The second kappa shape index (κ2) is 7.51. The molecule has 2 heterocycles. The summed E-state index contributed by atoms with van der Waals surface area (Å²) in [5.74, 6) is 0.741. The average molecular weight is 254 g/mol. The first-order valence-corrected chi connectivity index (χ1v) is 6.63. The Morgan fingerprint density at radius 3 is 3.17 bits per heavy atom. The third-order valence-corrected chi connectivity index (χ3v) is 3.17. The Kier molecular flexibility index (Phi) is 5.64. The molecule has 0 aromatic carbocycles. The molecule has 2 rings (SSSR count). The van der Waals surface area contributed by atoms with Gasteiger partial charge in [-0.15, -0.1) is 0 Å². The van der Waals surface area contributed by atoms with Crippen LogP contribution >= 0.6 is 0 Å². The summed E-state index contributed by atoms with van der Waals surface area (Å²) < 4.78 is 15.7. The Balaban J connectivity index is 1.59. The van der Waals surface area contributed by atoms with Crippen molar-refractivity contribution in [1.82, 2.24) is 10.5 Å². The summed E-state index contributed by atoms with van der Waals surface area (Å²) in [4.78, 5) is 0. The second-order valence-corrected chi connectivity index (χ2v) is 4.71. The van der Waals surface area contributed by atoms with E-state index >= 15 is 0 Å². The van der Waals surface area contributed by atoms with Gasteiger partial charge in [0.25, 0.3) is 0 Å². The maximum atomic E-state index is 5.61. The van der Waals surface area contributed by atoms with E-state index in [1.54, 1.807) is 7.11 Å². The molecule has 1 aromatic heterocycles. The molecule has 1 atom stereocenters. The van der Waals surface area contributed by atoms with Gasteiger partial charge in [-0.2, -0.15) is 0 Å². The van der Waals surface area contributed by atoms with E-state index < -0.39 is 0 Å². The lowest BCUT2D eigenvalue weighted by atomic mass is 10.0. The lowest BCUT2D eigenvalue weighted by Gasteiger charge is -2.23. The van der Waals surface area contributed by atoms with Crippen molar-refractivity contribution in [3.63, 3.8) is 0 Å². The molecule has 0 spiro atoms. The number of nitrogens with zero attached hydrogens (tertiary/aromatic N) is 1. The summed E-state index contributed by atoms with van der Waals surface area (Å²) in [7, 11) is 1.63. The van der Waals surface area contributed by atoms with Crippen molar-refractivity contribution in [3.8, 4) is 0 Å². The lowest BCUT2D eigenvalue weighted by molar-refractivity contribution is 0.103. The topological polar surface area (TPSA) is 56.5 Å². The predicted octanol–water partition coefficient (Wildman–Crippen LogP) is 1.87. The van der Waals surface area contributed by atoms with Crippen LogP contribution in [0.15, 0.2) is 10.6 Å². The molecule has 1 aromatic rings. The van der Waals surface area contributed by atoms with Gasteiger partial charge in [-0.25, -0.2) is 0 Å². The molecule has 5 heteroatoms. The van der Waals surface area contributed by atoms with Crippen LogP contribution in [0.1, 0.15) is 37.1 Å². The second-order valence-electron chi connectivity index (χ2n) is 4.71. The standard InChI is InChI=1S/C13H22N2O3/c1-16-10-13-8-12(15-18-13)9-17-7-5-11-4-2-3-6-14-11/h8,11,14H,2-7,9-10H2,1H3. The van der Waals surface area contributed by atoms with Crippen LogP contribution in [0.4, 0.5) is 0 Å². The number of piperidine rings is 1. The van der Waals surface area contributed by atoms with E-state index in [9.17, 15) is 0 Å². The Hall–Kier alpha value is -0.910. The number of hydrogen-bond donors (Lipinski definition) is 1. The van der Waals surface area contributed by atoms with Crippen LogP contribution in [-0.4, -0.2) is 31.5 Å². The van der Waals surface area contributed by atoms with E-state index in [0.29, 0.717) is 19.3 Å². The van der Waals surface area contributed by atoms with Gasteiger partial charge in [0.15, 0.2) is 5.76 Å². The van der Waals surface area contributed by atoms with E-state index in [-0.39, 0.29) is 0 Å². The minimum absolute atomic E-state index is 0.457. The smallest absolute Gasteiger partial charge is 0.162 e. The molecule has 1 unspecified atom stereocenters. The van der Waals surface area contributed by atoms with Gasteiger partial charge in [0.2, 0.25) is 0 Å². The molecular formula is C13H22N2O3. The molecule has 0 bridgehead atoms. The summed E-state index contributed by atoms with van der Waals surface area (Å²) in [5.41, 5.74) is 0.832. The van der Waals surface area contributed by atoms with E-state index in [1.165, 1.54) is 19.3 Å². The van der Waals surface area contributed by atoms with Crippen molar-refractivity contribution in [2.75, 3.05) is 20.3 Å². The van der Waals surface area contributed by atoms with Crippen molar-refractivity contribution in [1.29, 1.82) is 0 Å². The minimum atomic E-state index is 0.457. The number of ether oxygens (including phenoxy) is 2. The highest BCUT2D eigenvalue weighted by Crippen LogP contribution is 2.11. The molecule has 1 saturated heterocycles. The summed E-state index contributed by atoms with van der Waals surface area (Å²) in [6.45, 7) is 2.89. The molecule has 0 saturated carbocycles. The molecule has 0 radical (unpaired) electrons. The average Bonchev–Trinajstić information content (AvgIpc) is 2.84.